The van der Waals surface area contributed by atoms with Gasteiger partial charge in [0.25, 0.3) is 0 Å². The molecule has 0 saturated carbocycles. The van der Waals surface area contributed by atoms with Crippen molar-refractivity contribution in [1.29, 1.82) is 0 Å². The summed E-state index contributed by atoms with van der Waals surface area (Å²) in [4.78, 5) is 2.27. The second kappa shape index (κ2) is 6.51. The van der Waals surface area contributed by atoms with Crippen LogP contribution in [0.1, 0.15) is 24.9 Å². The monoisotopic (exact) mass is 223 g/mol. The highest BCUT2D eigenvalue weighted by Crippen LogP contribution is 2.22. The lowest BCUT2D eigenvalue weighted by atomic mass is 10.1. The van der Waals surface area contributed by atoms with E-state index in [-0.39, 0.29) is 6.04 Å². The van der Waals surface area contributed by atoms with Crippen LogP contribution in [0.25, 0.3) is 0 Å². The molecule has 0 aliphatic rings. The highest BCUT2D eigenvalue weighted by molar-refractivity contribution is 5.28. The summed E-state index contributed by atoms with van der Waals surface area (Å²) < 4.78 is 5.25. The molecule has 1 N–H and O–H groups in total. The van der Waals surface area contributed by atoms with Gasteiger partial charge in [-0.1, -0.05) is 19.1 Å². The number of hydrogen-bond acceptors (Lipinski definition) is 3. The van der Waals surface area contributed by atoms with E-state index in [1.54, 1.807) is 19.2 Å². The van der Waals surface area contributed by atoms with E-state index in [9.17, 15) is 5.11 Å². The van der Waals surface area contributed by atoms with Crippen molar-refractivity contribution in [1.82, 2.24) is 4.90 Å². The summed E-state index contributed by atoms with van der Waals surface area (Å²) in [6, 6.07) is 7.59. The van der Waals surface area contributed by atoms with Gasteiger partial charge in [0.1, 0.15) is 5.75 Å². The maximum absolute atomic E-state index is 9.27. The minimum atomic E-state index is 0.255. The number of phenols is 1. The van der Waals surface area contributed by atoms with Gasteiger partial charge in [-0.15, -0.1) is 0 Å². The van der Waals surface area contributed by atoms with Crippen LogP contribution in [0.3, 0.4) is 0 Å². The van der Waals surface area contributed by atoms with Crippen molar-refractivity contribution < 1.29 is 9.84 Å². The topological polar surface area (TPSA) is 32.7 Å². The highest BCUT2D eigenvalue weighted by Gasteiger charge is 2.15. The van der Waals surface area contributed by atoms with Gasteiger partial charge in [0.05, 0.1) is 12.6 Å². The van der Waals surface area contributed by atoms with E-state index in [0.29, 0.717) is 12.4 Å². The molecule has 0 amide bonds. The Morgan fingerprint density at radius 1 is 1.31 bits per heavy atom. The van der Waals surface area contributed by atoms with Crippen LogP contribution in [0.4, 0.5) is 0 Å². The average molecular weight is 223 g/mol. The van der Waals surface area contributed by atoms with Gasteiger partial charge in [0, 0.05) is 7.11 Å². The Labute approximate surface area is 97.7 Å². The number of rotatable bonds is 6. The minimum absolute atomic E-state index is 0.255. The maximum Gasteiger partial charge on any atom is 0.115 e. The fraction of sp³-hybridized carbons (Fsp3) is 0.538. The number of ether oxygens (including phenoxy) is 1. The molecule has 0 aliphatic carbocycles. The third kappa shape index (κ3) is 3.51. The van der Waals surface area contributed by atoms with Gasteiger partial charge in [0.2, 0.25) is 0 Å². The van der Waals surface area contributed by atoms with Crippen LogP contribution in [0.5, 0.6) is 5.75 Å². The van der Waals surface area contributed by atoms with E-state index in [4.69, 9.17) is 4.74 Å². The highest BCUT2D eigenvalue weighted by atomic mass is 16.5. The van der Waals surface area contributed by atoms with Gasteiger partial charge in [-0.2, -0.15) is 0 Å². The molecule has 0 aromatic heterocycles. The van der Waals surface area contributed by atoms with Crippen molar-refractivity contribution >= 4 is 0 Å². The summed E-state index contributed by atoms with van der Waals surface area (Å²) >= 11 is 0. The summed E-state index contributed by atoms with van der Waals surface area (Å²) in [6.45, 7) is 3.87. The summed E-state index contributed by atoms with van der Waals surface area (Å²) in [7, 11) is 3.81. The van der Waals surface area contributed by atoms with E-state index in [0.717, 1.165) is 13.0 Å². The second-order valence-electron chi connectivity index (χ2n) is 4.04. The van der Waals surface area contributed by atoms with Crippen LogP contribution in [0.2, 0.25) is 0 Å². The van der Waals surface area contributed by atoms with E-state index in [2.05, 4.69) is 18.9 Å². The molecule has 3 nitrogen and oxygen atoms in total. The average Bonchev–Trinajstić information content (AvgIpc) is 2.28. The molecule has 1 aromatic carbocycles. The summed E-state index contributed by atoms with van der Waals surface area (Å²) in [5.74, 6) is 0.304. The van der Waals surface area contributed by atoms with Gasteiger partial charge in [-0.05, 0) is 37.7 Å². The SMILES string of the molecule is CCCN(C)C(COC)c1ccc(O)cc1. The van der Waals surface area contributed by atoms with Gasteiger partial charge < -0.3 is 9.84 Å². The number of phenolic OH excluding ortho intramolecular Hbond substituents is 1. The molecule has 0 heterocycles. The molecule has 16 heavy (non-hydrogen) atoms. The first-order valence-electron chi connectivity index (χ1n) is 5.67. The minimum Gasteiger partial charge on any atom is -0.508 e. The number of hydrogen-bond donors (Lipinski definition) is 1. The van der Waals surface area contributed by atoms with Crippen LogP contribution in [-0.2, 0) is 4.74 Å². The Balaban J connectivity index is 2.79. The van der Waals surface area contributed by atoms with Crippen molar-refractivity contribution in [2.24, 2.45) is 0 Å². The lowest BCUT2D eigenvalue weighted by Gasteiger charge is -2.27. The number of likely N-dealkylation sites (N-methyl/N-ethyl adjacent to an activating group) is 1. The summed E-state index contributed by atoms with van der Waals surface area (Å²) in [5, 5.41) is 9.27. The molecule has 1 unspecified atom stereocenters. The zero-order chi connectivity index (χ0) is 12.0. The van der Waals surface area contributed by atoms with Crippen LogP contribution in [-0.4, -0.2) is 37.3 Å². The summed E-state index contributed by atoms with van der Waals surface area (Å²) in [5.41, 5.74) is 1.18. The predicted octanol–water partition coefficient (Wildman–Crippen LogP) is 2.42. The van der Waals surface area contributed by atoms with Crippen LogP contribution < -0.4 is 0 Å². The normalized spacial score (nSPS) is 13.0. The van der Waals surface area contributed by atoms with Crippen LogP contribution >= 0.6 is 0 Å². The van der Waals surface area contributed by atoms with Gasteiger partial charge in [-0.3, -0.25) is 4.90 Å². The van der Waals surface area contributed by atoms with Crippen molar-refractivity contribution in [3.05, 3.63) is 29.8 Å². The number of nitrogens with zero attached hydrogens (tertiary/aromatic N) is 1. The van der Waals surface area contributed by atoms with Crippen molar-refractivity contribution in [2.75, 3.05) is 27.3 Å². The third-order valence-electron chi connectivity index (χ3n) is 2.71. The lowest BCUT2D eigenvalue weighted by Crippen LogP contribution is -2.28. The Morgan fingerprint density at radius 2 is 1.94 bits per heavy atom. The van der Waals surface area contributed by atoms with Crippen molar-refractivity contribution in [3.8, 4) is 5.75 Å². The number of benzene rings is 1. The van der Waals surface area contributed by atoms with Crippen molar-refractivity contribution in [2.45, 2.75) is 19.4 Å². The first kappa shape index (κ1) is 13.0. The molecule has 0 bridgehead atoms. The molecule has 0 spiro atoms. The Morgan fingerprint density at radius 3 is 2.44 bits per heavy atom. The molecule has 0 saturated heterocycles. The molecule has 1 aromatic rings. The zero-order valence-electron chi connectivity index (χ0n) is 10.3. The molecule has 0 aliphatic heterocycles. The largest absolute Gasteiger partial charge is 0.508 e. The lowest BCUT2D eigenvalue weighted by molar-refractivity contribution is 0.106. The molecule has 0 fully saturated rings. The molecular formula is C13H21NO2. The number of methoxy groups -OCH3 is 1. The molecule has 90 valence electrons. The molecule has 1 atom stereocenters. The molecular weight excluding hydrogens is 202 g/mol. The van der Waals surface area contributed by atoms with Crippen LogP contribution in [0, 0.1) is 0 Å². The fourth-order valence-electron chi connectivity index (χ4n) is 1.84. The van der Waals surface area contributed by atoms with E-state index < -0.39 is 0 Å². The zero-order valence-corrected chi connectivity index (χ0v) is 10.3. The van der Waals surface area contributed by atoms with Gasteiger partial charge in [-0.25, -0.2) is 0 Å². The Kier molecular flexibility index (Phi) is 5.29. The third-order valence-corrected chi connectivity index (χ3v) is 2.71. The maximum atomic E-state index is 9.27. The first-order chi connectivity index (χ1) is 7.69. The number of aromatic hydroxyl groups is 1. The van der Waals surface area contributed by atoms with E-state index in [1.807, 2.05) is 12.1 Å². The Hall–Kier alpha value is -1.06. The predicted molar refractivity (Wildman–Crippen MR) is 65.6 cm³/mol. The molecule has 1 rings (SSSR count). The van der Waals surface area contributed by atoms with Gasteiger partial charge >= 0.3 is 0 Å². The standard InChI is InChI=1S/C13H21NO2/c1-4-9-14(2)13(10-16-3)11-5-7-12(15)8-6-11/h5-8,13,15H,4,9-10H2,1-3H3. The van der Waals surface area contributed by atoms with Gasteiger partial charge in [0.15, 0.2) is 0 Å². The van der Waals surface area contributed by atoms with E-state index >= 15 is 0 Å². The van der Waals surface area contributed by atoms with E-state index in [1.165, 1.54) is 5.56 Å². The quantitative estimate of drug-likeness (QED) is 0.804. The molecule has 3 heteroatoms. The van der Waals surface area contributed by atoms with Crippen LogP contribution in [0.15, 0.2) is 24.3 Å². The second-order valence-corrected chi connectivity index (χ2v) is 4.04. The van der Waals surface area contributed by atoms with Crippen molar-refractivity contribution in [3.63, 3.8) is 0 Å². The first-order valence-corrected chi connectivity index (χ1v) is 5.67. The smallest absolute Gasteiger partial charge is 0.115 e. The summed E-state index contributed by atoms with van der Waals surface area (Å²) in [6.07, 6.45) is 1.12. The Bertz CT molecular complexity index is 297. The fourth-order valence-corrected chi connectivity index (χ4v) is 1.84. The molecule has 0 radical (unpaired) electrons.